The zero-order valence-corrected chi connectivity index (χ0v) is 16.0. The molecule has 1 fully saturated rings. The fourth-order valence-corrected chi connectivity index (χ4v) is 4.17. The Labute approximate surface area is 158 Å². The molecule has 1 N–H and O–H groups in total. The van der Waals surface area contributed by atoms with E-state index in [-0.39, 0.29) is 24.2 Å². The van der Waals surface area contributed by atoms with E-state index in [1.807, 2.05) is 5.38 Å². The van der Waals surface area contributed by atoms with Crippen molar-refractivity contribution in [2.75, 3.05) is 19.6 Å². The topological polar surface area (TPSA) is 45.2 Å². The number of carbonyl (C=O) groups is 1. The molecule has 0 bridgehead atoms. The summed E-state index contributed by atoms with van der Waals surface area (Å²) in [4.78, 5) is 19.3. The maximum atomic E-state index is 13.9. The van der Waals surface area contributed by atoms with E-state index >= 15 is 0 Å². The standard InChI is InChI=1S/C20H26FN3OS/c1-2-15(13-24-10-6-3-7-11-24)22-19(25)12-16-14-26-20(23-16)17-8-4-5-9-18(17)21/h4-5,8-9,14-15H,2-3,6-7,10-13H2,1H3,(H,22,25). The van der Waals surface area contributed by atoms with Gasteiger partial charge in [0.1, 0.15) is 10.8 Å². The van der Waals surface area contributed by atoms with Crippen LogP contribution in [-0.2, 0) is 11.2 Å². The molecule has 0 radical (unpaired) electrons. The van der Waals surface area contributed by atoms with Gasteiger partial charge in [-0.2, -0.15) is 0 Å². The number of hydrogen-bond donors (Lipinski definition) is 1. The highest BCUT2D eigenvalue weighted by Crippen LogP contribution is 2.26. The van der Waals surface area contributed by atoms with Crippen molar-refractivity contribution in [3.05, 3.63) is 41.2 Å². The van der Waals surface area contributed by atoms with E-state index < -0.39 is 0 Å². The Morgan fingerprint density at radius 3 is 2.81 bits per heavy atom. The minimum Gasteiger partial charge on any atom is -0.352 e. The first-order valence-electron chi connectivity index (χ1n) is 9.36. The van der Waals surface area contributed by atoms with Gasteiger partial charge < -0.3 is 10.2 Å². The number of likely N-dealkylation sites (tertiary alicyclic amines) is 1. The first-order valence-corrected chi connectivity index (χ1v) is 10.2. The lowest BCUT2D eigenvalue weighted by Gasteiger charge is -2.30. The van der Waals surface area contributed by atoms with Crippen LogP contribution in [0.4, 0.5) is 4.39 Å². The lowest BCUT2D eigenvalue weighted by Crippen LogP contribution is -2.45. The van der Waals surface area contributed by atoms with E-state index in [9.17, 15) is 9.18 Å². The third kappa shape index (κ3) is 5.11. The molecule has 1 aromatic heterocycles. The summed E-state index contributed by atoms with van der Waals surface area (Å²) < 4.78 is 13.9. The average Bonchev–Trinajstić information content (AvgIpc) is 3.10. The predicted octanol–water partition coefficient (Wildman–Crippen LogP) is 3.87. The second-order valence-corrected chi connectivity index (χ2v) is 7.69. The highest BCUT2D eigenvalue weighted by molar-refractivity contribution is 7.13. The number of benzene rings is 1. The molecule has 1 aromatic carbocycles. The van der Waals surface area contributed by atoms with Gasteiger partial charge >= 0.3 is 0 Å². The molecule has 26 heavy (non-hydrogen) atoms. The zero-order valence-electron chi connectivity index (χ0n) is 15.2. The van der Waals surface area contributed by atoms with Crippen molar-refractivity contribution in [2.24, 2.45) is 0 Å². The van der Waals surface area contributed by atoms with Crippen molar-refractivity contribution in [2.45, 2.75) is 45.1 Å². The van der Waals surface area contributed by atoms with Gasteiger partial charge in [0, 0.05) is 23.5 Å². The first-order chi connectivity index (χ1) is 12.7. The van der Waals surface area contributed by atoms with Crippen LogP contribution in [0.5, 0.6) is 0 Å². The van der Waals surface area contributed by atoms with E-state index in [1.165, 1.54) is 36.7 Å². The van der Waals surface area contributed by atoms with Crippen LogP contribution in [0.15, 0.2) is 29.6 Å². The van der Waals surface area contributed by atoms with Crippen LogP contribution in [0.1, 0.15) is 38.3 Å². The molecule has 1 aliphatic rings. The second kappa shape index (κ2) is 9.24. The van der Waals surface area contributed by atoms with E-state index in [0.717, 1.165) is 26.1 Å². The Morgan fingerprint density at radius 1 is 1.31 bits per heavy atom. The second-order valence-electron chi connectivity index (χ2n) is 6.83. The van der Waals surface area contributed by atoms with Crippen molar-refractivity contribution in [1.29, 1.82) is 0 Å². The Hall–Kier alpha value is -1.79. The molecular weight excluding hydrogens is 349 g/mol. The van der Waals surface area contributed by atoms with Crippen molar-refractivity contribution in [3.63, 3.8) is 0 Å². The molecule has 1 amide bonds. The third-order valence-electron chi connectivity index (χ3n) is 4.78. The van der Waals surface area contributed by atoms with Crippen molar-refractivity contribution in [1.82, 2.24) is 15.2 Å². The molecular formula is C20H26FN3OS. The van der Waals surface area contributed by atoms with Gasteiger partial charge in [-0.25, -0.2) is 9.37 Å². The molecule has 0 spiro atoms. The molecule has 0 aliphatic carbocycles. The fourth-order valence-electron chi connectivity index (χ4n) is 3.32. The van der Waals surface area contributed by atoms with Crippen LogP contribution >= 0.6 is 11.3 Å². The molecule has 1 aliphatic heterocycles. The normalized spacial score (nSPS) is 16.4. The molecule has 3 rings (SSSR count). The smallest absolute Gasteiger partial charge is 0.226 e. The van der Waals surface area contributed by atoms with Gasteiger partial charge in [0.05, 0.1) is 12.1 Å². The molecule has 140 valence electrons. The van der Waals surface area contributed by atoms with Gasteiger partial charge in [0.25, 0.3) is 0 Å². The highest BCUT2D eigenvalue weighted by atomic mass is 32.1. The summed E-state index contributed by atoms with van der Waals surface area (Å²) in [7, 11) is 0. The van der Waals surface area contributed by atoms with Gasteiger partial charge in [-0.1, -0.05) is 25.5 Å². The maximum absolute atomic E-state index is 13.9. The van der Waals surface area contributed by atoms with Crippen LogP contribution < -0.4 is 5.32 Å². The minimum absolute atomic E-state index is 0.0146. The predicted molar refractivity (Wildman–Crippen MR) is 104 cm³/mol. The number of piperidine rings is 1. The summed E-state index contributed by atoms with van der Waals surface area (Å²) in [5, 5.41) is 5.59. The van der Waals surface area contributed by atoms with E-state index in [4.69, 9.17) is 0 Å². The molecule has 2 heterocycles. The molecule has 0 saturated carbocycles. The number of carbonyl (C=O) groups excluding carboxylic acids is 1. The number of amides is 1. The summed E-state index contributed by atoms with van der Waals surface area (Å²) in [6.07, 6.45) is 4.97. The number of nitrogens with zero attached hydrogens (tertiary/aromatic N) is 2. The van der Waals surface area contributed by atoms with Crippen LogP contribution in [0.2, 0.25) is 0 Å². The SMILES string of the molecule is CCC(CN1CCCCC1)NC(=O)Cc1csc(-c2ccccc2F)n1. The third-order valence-corrected chi connectivity index (χ3v) is 5.71. The lowest BCUT2D eigenvalue weighted by molar-refractivity contribution is -0.121. The monoisotopic (exact) mass is 375 g/mol. The lowest BCUT2D eigenvalue weighted by atomic mass is 10.1. The number of hydrogen-bond acceptors (Lipinski definition) is 4. The van der Waals surface area contributed by atoms with Gasteiger partial charge in [-0.05, 0) is 44.5 Å². The Bertz CT molecular complexity index is 727. The van der Waals surface area contributed by atoms with Crippen LogP contribution in [0.3, 0.4) is 0 Å². The van der Waals surface area contributed by atoms with E-state index in [0.29, 0.717) is 16.3 Å². The van der Waals surface area contributed by atoms with E-state index in [1.54, 1.807) is 18.2 Å². The molecule has 2 aromatic rings. The number of halogens is 1. The average molecular weight is 376 g/mol. The fraction of sp³-hybridized carbons (Fsp3) is 0.500. The van der Waals surface area contributed by atoms with Crippen molar-refractivity contribution in [3.8, 4) is 10.6 Å². The summed E-state index contributed by atoms with van der Waals surface area (Å²) in [6.45, 7) is 5.28. The number of nitrogens with one attached hydrogen (secondary N) is 1. The summed E-state index contributed by atoms with van der Waals surface area (Å²) >= 11 is 1.37. The quantitative estimate of drug-likeness (QED) is 0.799. The van der Waals surface area contributed by atoms with Gasteiger partial charge in [0.15, 0.2) is 0 Å². The Kier molecular flexibility index (Phi) is 6.74. The van der Waals surface area contributed by atoms with Gasteiger partial charge in [-0.3, -0.25) is 4.79 Å². The Morgan fingerprint density at radius 2 is 2.08 bits per heavy atom. The van der Waals surface area contributed by atoms with Gasteiger partial charge in [-0.15, -0.1) is 11.3 Å². The molecule has 6 heteroatoms. The molecule has 1 atom stereocenters. The number of aromatic nitrogens is 1. The first kappa shape index (κ1) is 19.0. The van der Waals surface area contributed by atoms with Crippen molar-refractivity contribution >= 4 is 17.2 Å². The number of thiazole rings is 1. The Balaban J connectivity index is 1.55. The number of rotatable bonds is 7. The maximum Gasteiger partial charge on any atom is 0.226 e. The molecule has 1 saturated heterocycles. The van der Waals surface area contributed by atoms with Gasteiger partial charge in [0.2, 0.25) is 5.91 Å². The van der Waals surface area contributed by atoms with E-state index in [2.05, 4.69) is 22.1 Å². The summed E-state index contributed by atoms with van der Waals surface area (Å²) in [6, 6.07) is 6.76. The zero-order chi connectivity index (χ0) is 18.4. The molecule has 1 unspecified atom stereocenters. The van der Waals surface area contributed by atoms with Crippen LogP contribution in [0.25, 0.3) is 10.6 Å². The van der Waals surface area contributed by atoms with Crippen LogP contribution in [0, 0.1) is 5.82 Å². The summed E-state index contributed by atoms with van der Waals surface area (Å²) in [5.74, 6) is -0.301. The summed E-state index contributed by atoms with van der Waals surface area (Å²) in [5.41, 5.74) is 1.18. The highest BCUT2D eigenvalue weighted by Gasteiger charge is 2.18. The molecule has 4 nitrogen and oxygen atoms in total. The largest absolute Gasteiger partial charge is 0.352 e. The van der Waals surface area contributed by atoms with Crippen molar-refractivity contribution < 1.29 is 9.18 Å². The van der Waals surface area contributed by atoms with Crippen LogP contribution in [-0.4, -0.2) is 41.5 Å². The minimum atomic E-state index is -0.287.